The number of hydrogen-bond acceptors (Lipinski definition) is 3. The lowest BCUT2D eigenvalue weighted by Crippen LogP contribution is -2.37. The Balaban J connectivity index is 1.48. The first-order valence-corrected chi connectivity index (χ1v) is 9.49. The number of fused-ring (bicyclic) bond motifs is 1. The third-order valence-corrected chi connectivity index (χ3v) is 5.35. The second-order valence-corrected chi connectivity index (χ2v) is 7.11. The third kappa shape index (κ3) is 3.80. The zero-order chi connectivity index (χ0) is 18.6. The first-order chi connectivity index (χ1) is 13.2. The zero-order valence-electron chi connectivity index (χ0n) is 15.6. The van der Waals surface area contributed by atoms with Gasteiger partial charge in [-0.3, -0.25) is 9.78 Å². The number of amides is 1. The highest BCUT2D eigenvalue weighted by molar-refractivity contribution is 5.83. The molecule has 0 saturated carbocycles. The summed E-state index contributed by atoms with van der Waals surface area (Å²) in [7, 11) is 1.70. The molecular weight excluding hydrogens is 336 g/mol. The smallest absolute Gasteiger partial charge is 0.227 e. The van der Waals surface area contributed by atoms with Crippen LogP contribution in [0.5, 0.6) is 5.75 Å². The Morgan fingerprint density at radius 1 is 1.19 bits per heavy atom. The van der Waals surface area contributed by atoms with E-state index < -0.39 is 0 Å². The Morgan fingerprint density at radius 2 is 2.00 bits per heavy atom. The Kier molecular flexibility index (Phi) is 5.05. The van der Waals surface area contributed by atoms with Crippen molar-refractivity contribution in [3.8, 4) is 5.75 Å². The fourth-order valence-corrected chi connectivity index (χ4v) is 3.99. The van der Waals surface area contributed by atoms with Crippen LogP contribution in [-0.4, -0.2) is 35.5 Å². The van der Waals surface area contributed by atoms with Crippen LogP contribution in [0.1, 0.15) is 24.0 Å². The Morgan fingerprint density at radius 3 is 2.89 bits per heavy atom. The zero-order valence-corrected chi connectivity index (χ0v) is 15.6. The fraction of sp³-hybridized carbons (Fsp3) is 0.304. The molecule has 0 N–H and O–H groups in total. The molecule has 3 aromatic rings. The van der Waals surface area contributed by atoms with E-state index in [9.17, 15) is 4.79 Å². The summed E-state index contributed by atoms with van der Waals surface area (Å²) in [6, 6.07) is 18.4. The molecule has 1 saturated heterocycles. The number of benzene rings is 2. The van der Waals surface area contributed by atoms with E-state index in [1.165, 1.54) is 0 Å². The van der Waals surface area contributed by atoms with Crippen molar-refractivity contribution in [2.24, 2.45) is 0 Å². The van der Waals surface area contributed by atoms with Crippen LogP contribution in [0, 0.1) is 0 Å². The highest BCUT2D eigenvalue weighted by atomic mass is 16.5. The lowest BCUT2D eigenvalue weighted by molar-refractivity contribution is -0.131. The van der Waals surface area contributed by atoms with Crippen LogP contribution in [0.2, 0.25) is 0 Å². The highest BCUT2D eigenvalue weighted by Crippen LogP contribution is 2.26. The number of ether oxygens (including phenoxy) is 1. The molecule has 2 heterocycles. The first kappa shape index (κ1) is 17.5. The molecule has 4 heteroatoms. The summed E-state index contributed by atoms with van der Waals surface area (Å²) in [5.41, 5.74) is 3.10. The molecule has 1 fully saturated rings. The topological polar surface area (TPSA) is 42.4 Å². The summed E-state index contributed by atoms with van der Waals surface area (Å²) in [4.78, 5) is 19.5. The van der Waals surface area contributed by atoms with Crippen LogP contribution < -0.4 is 4.74 Å². The van der Waals surface area contributed by atoms with Crippen molar-refractivity contribution in [2.45, 2.75) is 31.7 Å². The SMILES string of the molecule is COc1ccccc1CC1CCCN1C(=O)Cc1cnc2ccccc2c1. The summed E-state index contributed by atoms with van der Waals surface area (Å²) in [6.45, 7) is 0.833. The van der Waals surface area contributed by atoms with Crippen molar-refractivity contribution in [3.63, 3.8) is 0 Å². The molecule has 1 atom stereocenters. The van der Waals surface area contributed by atoms with Crippen molar-refractivity contribution in [2.75, 3.05) is 13.7 Å². The van der Waals surface area contributed by atoms with Crippen molar-refractivity contribution in [1.82, 2.24) is 9.88 Å². The van der Waals surface area contributed by atoms with Crippen LogP contribution in [0.25, 0.3) is 10.9 Å². The van der Waals surface area contributed by atoms with Crippen LogP contribution in [-0.2, 0) is 17.6 Å². The van der Waals surface area contributed by atoms with Crippen LogP contribution in [0.4, 0.5) is 0 Å². The van der Waals surface area contributed by atoms with Gasteiger partial charge in [-0.1, -0.05) is 36.4 Å². The summed E-state index contributed by atoms with van der Waals surface area (Å²) < 4.78 is 5.48. The van der Waals surface area contributed by atoms with Gasteiger partial charge < -0.3 is 9.64 Å². The maximum absolute atomic E-state index is 13.0. The first-order valence-electron chi connectivity index (χ1n) is 9.49. The Bertz CT molecular complexity index is 954. The van der Waals surface area contributed by atoms with E-state index in [1.54, 1.807) is 7.11 Å². The fourth-order valence-electron chi connectivity index (χ4n) is 3.99. The van der Waals surface area contributed by atoms with E-state index in [-0.39, 0.29) is 11.9 Å². The average Bonchev–Trinajstić information content (AvgIpc) is 3.16. The van der Waals surface area contributed by atoms with Crippen LogP contribution in [0.15, 0.2) is 60.8 Å². The number of aromatic nitrogens is 1. The maximum Gasteiger partial charge on any atom is 0.227 e. The molecule has 4 nitrogen and oxygen atoms in total. The van der Waals surface area contributed by atoms with E-state index in [0.29, 0.717) is 6.42 Å². The van der Waals surface area contributed by atoms with E-state index in [0.717, 1.165) is 53.6 Å². The molecule has 4 rings (SSSR count). The van der Waals surface area contributed by atoms with E-state index in [4.69, 9.17) is 4.74 Å². The van der Waals surface area contributed by atoms with Gasteiger partial charge in [-0.25, -0.2) is 0 Å². The summed E-state index contributed by atoms with van der Waals surface area (Å²) in [5.74, 6) is 1.08. The quantitative estimate of drug-likeness (QED) is 0.690. The number of hydrogen-bond donors (Lipinski definition) is 0. The summed E-state index contributed by atoms with van der Waals surface area (Å²) in [5, 5.41) is 1.08. The van der Waals surface area contributed by atoms with Gasteiger partial charge in [-0.05, 0) is 48.6 Å². The minimum atomic E-state index is 0.185. The van der Waals surface area contributed by atoms with Crippen molar-refractivity contribution < 1.29 is 9.53 Å². The second kappa shape index (κ2) is 7.78. The number of carbonyl (C=O) groups excluding carboxylic acids is 1. The molecule has 0 bridgehead atoms. The number of carbonyl (C=O) groups is 1. The molecule has 27 heavy (non-hydrogen) atoms. The van der Waals surface area contributed by atoms with Gasteiger partial charge in [0.1, 0.15) is 5.75 Å². The van der Waals surface area contributed by atoms with Gasteiger partial charge in [0.2, 0.25) is 5.91 Å². The van der Waals surface area contributed by atoms with Gasteiger partial charge in [0, 0.05) is 24.2 Å². The summed E-state index contributed by atoms with van der Waals surface area (Å²) in [6.07, 6.45) is 5.17. The monoisotopic (exact) mass is 360 g/mol. The lowest BCUT2D eigenvalue weighted by atomic mass is 10.0. The number of rotatable bonds is 5. The number of nitrogens with zero attached hydrogens (tertiary/aromatic N) is 2. The standard InChI is InChI=1S/C23H24N2O2/c1-27-22-11-5-3-8-19(22)15-20-9-6-12-25(20)23(26)14-17-13-18-7-2-4-10-21(18)24-16-17/h2-5,7-8,10-11,13,16,20H,6,9,12,14-15H2,1H3. The van der Waals surface area contributed by atoms with Crippen molar-refractivity contribution in [3.05, 3.63) is 71.9 Å². The molecule has 1 aromatic heterocycles. The predicted octanol–water partition coefficient (Wildman–Crippen LogP) is 4.02. The molecule has 0 aliphatic carbocycles. The minimum Gasteiger partial charge on any atom is -0.496 e. The molecular formula is C23H24N2O2. The van der Waals surface area contributed by atoms with E-state index in [2.05, 4.69) is 17.1 Å². The number of pyridine rings is 1. The Hall–Kier alpha value is -2.88. The van der Waals surface area contributed by atoms with Crippen molar-refractivity contribution >= 4 is 16.8 Å². The van der Waals surface area contributed by atoms with Crippen LogP contribution >= 0.6 is 0 Å². The summed E-state index contributed by atoms with van der Waals surface area (Å²) >= 11 is 0. The van der Waals surface area contributed by atoms with E-state index >= 15 is 0 Å². The highest BCUT2D eigenvalue weighted by Gasteiger charge is 2.29. The van der Waals surface area contributed by atoms with Gasteiger partial charge in [-0.2, -0.15) is 0 Å². The largest absolute Gasteiger partial charge is 0.496 e. The van der Waals surface area contributed by atoms with Gasteiger partial charge in [0.05, 0.1) is 19.0 Å². The van der Waals surface area contributed by atoms with E-state index in [1.807, 2.05) is 53.6 Å². The minimum absolute atomic E-state index is 0.185. The number of para-hydroxylation sites is 2. The lowest BCUT2D eigenvalue weighted by Gasteiger charge is -2.25. The normalized spacial score (nSPS) is 16.6. The van der Waals surface area contributed by atoms with Gasteiger partial charge in [-0.15, -0.1) is 0 Å². The third-order valence-electron chi connectivity index (χ3n) is 5.35. The predicted molar refractivity (Wildman–Crippen MR) is 107 cm³/mol. The molecule has 0 radical (unpaired) electrons. The maximum atomic E-state index is 13.0. The second-order valence-electron chi connectivity index (χ2n) is 7.11. The molecule has 0 spiro atoms. The van der Waals surface area contributed by atoms with Gasteiger partial charge in [0.15, 0.2) is 0 Å². The molecule has 1 aliphatic rings. The van der Waals surface area contributed by atoms with Gasteiger partial charge in [0.25, 0.3) is 0 Å². The van der Waals surface area contributed by atoms with Crippen LogP contribution in [0.3, 0.4) is 0 Å². The molecule has 2 aromatic carbocycles. The molecule has 138 valence electrons. The van der Waals surface area contributed by atoms with Gasteiger partial charge >= 0.3 is 0 Å². The molecule has 1 aliphatic heterocycles. The molecule has 1 amide bonds. The number of methoxy groups -OCH3 is 1. The molecule has 1 unspecified atom stereocenters. The Labute approximate surface area is 159 Å². The van der Waals surface area contributed by atoms with Crippen molar-refractivity contribution in [1.29, 1.82) is 0 Å². The number of likely N-dealkylation sites (tertiary alicyclic amines) is 1. The average molecular weight is 360 g/mol.